The third kappa shape index (κ3) is 2.07. The highest BCUT2D eigenvalue weighted by Gasteiger charge is 2.24. The van der Waals surface area contributed by atoms with Crippen molar-refractivity contribution in [3.05, 3.63) is 28.6 Å². The molecule has 0 spiro atoms. The number of carbonyl (C=O) groups is 1. The molecule has 0 saturated heterocycles. The molecule has 6 heteroatoms. The average molecular weight is 212 g/mol. The first kappa shape index (κ1) is 11.0. The molecule has 1 N–H and O–H groups in total. The zero-order chi connectivity index (χ0) is 11.6. The zero-order valence-corrected chi connectivity index (χ0v) is 7.66. The Balaban J connectivity index is 3.56. The van der Waals surface area contributed by atoms with Crippen LogP contribution in [-0.2, 0) is 0 Å². The summed E-state index contributed by atoms with van der Waals surface area (Å²) in [6.07, 6.45) is -3.03. The monoisotopic (exact) mass is 212 g/mol. The Bertz CT molecular complexity index is 452. The van der Waals surface area contributed by atoms with E-state index in [4.69, 9.17) is 10.4 Å². The van der Waals surface area contributed by atoms with Crippen molar-refractivity contribution in [3.8, 4) is 6.07 Å². The number of pyridine rings is 1. The molecule has 0 aliphatic heterocycles. The molecular weight excluding hydrogens is 206 g/mol. The number of halogens is 2. The van der Waals surface area contributed by atoms with Gasteiger partial charge in [-0.3, -0.25) is 0 Å². The Morgan fingerprint density at radius 3 is 2.67 bits per heavy atom. The van der Waals surface area contributed by atoms with E-state index < -0.39 is 23.7 Å². The molecule has 1 aromatic rings. The largest absolute Gasteiger partial charge is 0.476 e. The zero-order valence-electron chi connectivity index (χ0n) is 7.66. The van der Waals surface area contributed by atoms with Crippen LogP contribution in [0.4, 0.5) is 8.78 Å². The SMILES string of the molecule is Cc1cc(C#N)c(C(F)F)c(C(=O)O)n1. The second kappa shape index (κ2) is 4.00. The van der Waals surface area contributed by atoms with Crippen LogP contribution in [0.25, 0.3) is 0 Å². The minimum Gasteiger partial charge on any atom is -0.476 e. The minimum atomic E-state index is -3.03. The van der Waals surface area contributed by atoms with E-state index in [1.165, 1.54) is 13.0 Å². The number of carboxylic acids is 1. The fourth-order valence-electron chi connectivity index (χ4n) is 1.16. The van der Waals surface area contributed by atoms with Crippen LogP contribution in [0, 0.1) is 18.3 Å². The van der Waals surface area contributed by atoms with Crippen molar-refractivity contribution in [1.82, 2.24) is 4.98 Å². The van der Waals surface area contributed by atoms with Crippen molar-refractivity contribution in [1.29, 1.82) is 5.26 Å². The van der Waals surface area contributed by atoms with E-state index >= 15 is 0 Å². The Kier molecular flexibility index (Phi) is 2.95. The molecule has 1 heterocycles. The first-order chi connectivity index (χ1) is 6.97. The summed E-state index contributed by atoms with van der Waals surface area (Å²) in [6, 6.07) is 2.66. The van der Waals surface area contributed by atoms with Crippen LogP contribution in [0.2, 0.25) is 0 Å². The average Bonchev–Trinajstić information content (AvgIpc) is 2.15. The molecular formula is C9H6F2N2O2. The van der Waals surface area contributed by atoms with Crippen molar-refractivity contribution in [3.63, 3.8) is 0 Å². The van der Waals surface area contributed by atoms with E-state index in [-0.39, 0.29) is 11.3 Å². The summed E-state index contributed by atoms with van der Waals surface area (Å²) >= 11 is 0. The molecule has 0 aliphatic rings. The maximum atomic E-state index is 12.5. The number of carboxylic acid groups (broad SMARTS) is 1. The maximum Gasteiger partial charge on any atom is 0.355 e. The van der Waals surface area contributed by atoms with Crippen molar-refractivity contribution < 1.29 is 18.7 Å². The second-order valence-corrected chi connectivity index (χ2v) is 2.79. The van der Waals surface area contributed by atoms with E-state index in [0.717, 1.165) is 6.07 Å². The Morgan fingerprint density at radius 1 is 1.67 bits per heavy atom. The summed E-state index contributed by atoms with van der Waals surface area (Å²) in [5.74, 6) is -1.56. The van der Waals surface area contributed by atoms with Crippen molar-refractivity contribution in [2.24, 2.45) is 0 Å². The number of nitrogens with zero attached hydrogens (tertiary/aromatic N) is 2. The lowest BCUT2D eigenvalue weighted by atomic mass is 10.1. The van der Waals surface area contributed by atoms with Crippen LogP contribution in [-0.4, -0.2) is 16.1 Å². The number of hydrogen-bond acceptors (Lipinski definition) is 3. The highest BCUT2D eigenvalue weighted by atomic mass is 19.3. The van der Waals surface area contributed by atoms with E-state index in [1.807, 2.05) is 0 Å². The van der Waals surface area contributed by atoms with Gasteiger partial charge in [0.15, 0.2) is 5.69 Å². The molecule has 0 amide bonds. The molecule has 0 unspecified atom stereocenters. The summed E-state index contributed by atoms with van der Waals surface area (Å²) in [7, 11) is 0. The highest BCUT2D eigenvalue weighted by Crippen LogP contribution is 2.26. The molecule has 0 bridgehead atoms. The van der Waals surface area contributed by atoms with Gasteiger partial charge in [0, 0.05) is 5.69 Å². The molecule has 78 valence electrons. The van der Waals surface area contributed by atoms with Gasteiger partial charge >= 0.3 is 5.97 Å². The number of rotatable bonds is 2. The van der Waals surface area contributed by atoms with Gasteiger partial charge in [0.05, 0.1) is 17.2 Å². The lowest BCUT2D eigenvalue weighted by Gasteiger charge is -2.07. The number of nitriles is 1. The highest BCUT2D eigenvalue weighted by molar-refractivity contribution is 5.88. The van der Waals surface area contributed by atoms with E-state index in [2.05, 4.69) is 4.98 Å². The van der Waals surface area contributed by atoms with Gasteiger partial charge in [-0.15, -0.1) is 0 Å². The Hall–Kier alpha value is -2.03. The van der Waals surface area contributed by atoms with Crippen molar-refractivity contribution in [2.45, 2.75) is 13.3 Å². The summed E-state index contributed by atoms with van der Waals surface area (Å²) in [6.45, 7) is 1.43. The normalized spacial score (nSPS) is 10.1. The molecule has 0 fully saturated rings. The van der Waals surface area contributed by atoms with Gasteiger partial charge in [-0.05, 0) is 13.0 Å². The topological polar surface area (TPSA) is 74.0 Å². The van der Waals surface area contributed by atoms with Crippen LogP contribution in [0.15, 0.2) is 6.07 Å². The standard InChI is InChI=1S/C9H6F2N2O2/c1-4-2-5(3-12)6(8(10)11)7(13-4)9(14)15/h2,8H,1H3,(H,14,15). The van der Waals surface area contributed by atoms with Crippen LogP contribution in [0.3, 0.4) is 0 Å². The summed E-state index contributed by atoms with van der Waals surface area (Å²) in [5.41, 5.74) is -1.72. The van der Waals surface area contributed by atoms with Crippen LogP contribution < -0.4 is 0 Å². The van der Waals surface area contributed by atoms with Gasteiger partial charge in [-0.1, -0.05) is 0 Å². The smallest absolute Gasteiger partial charge is 0.355 e. The van der Waals surface area contributed by atoms with E-state index in [9.17, 15) is 13.6 Å². The molecule has 1 rings (SSSR count). The third-order valence-electron chi connectivity index (χ3n) is 1.73. The number of alkyl halides is 2. The number of aromatic nitrogens is 1. The second-order valence-electron chi connectivity index (χ2n) is 2.79. The van der Waals surface area contributed by atoms with Crippen molar-refractivity contribution in [2.75, 3.05) is 0 Å². The first-order valence-corrected chi connectivity index (χ1v) is 3.90. The quantitative estimate of drug-likeness (QED) is 0.812. The van der Waals surface area contributed by atoms with Crippen molar-refractivity contribution >= 4 is 5.97 Å². The van der Waals surface area contributed by atoms with Crippen LogP contribution in [0.5, 0.6) is 0 Å². The summed E-state index contributed by atoms with van der Waals surface area (Å²) in [4.78, 5) is 14.1. The molecule has 0 radical (unpaired) electrons. The van der Waals surface area contributed by atoms with Crippen LogP contribution in [0.1, 0.15) is 33.7 Å². The van der Waals surface area contributed by atoms with Gasteiger partial charge < -0.3 is 5.11 Å². The van der Waals surface area contributed by atoms with E-state index in [0.29, 0.717) is 0 Å². The van der Waals surface area contributed by atoms with Gasteiger partial charge in [0.25, 0.3) is 6.43 Å². The maximum absolute atomic E-state index is 12.5. The minimum absolute atomic E-state index is 0.216. The lowest BCUT2D eigenvalue weighted by molar-refractivity contribution is 0.0676. The molecule has 4 nitrogen and oxygen atoms in total. The predicted octanol–water partition coefficient (Wildman–Crippen LogP) is 1.90. The molecule has 0 aromatic carbocycles. The number of aryl methyl sites for hydroxylation is 1. The molecule has 15 heavy (non-hydrogen) atoms. The fourth-order valence-corrected chi connectivity index (χ4v) is 1.16. The Morgan fingerprint density at radius 2 is 2.27 bits per heavy atom. The molecule has 0 atom stereocenters. The number of aromatic carboxylic acids is 1. The van der Waals surface area contributed by atoms with Gasteiger partial charge in [0.2, 0.25) is 0 Å². The third-order valence-corrected chi connectivity index (χ3v) is 1.73. The molecule has 1 aromatic heterocycles. The molecule has 0 aliphatic carbocycles. The summed E-state index contributed by atoms with van der Waals surface area (Å²) in [5, 5.41) is 17.2. The lowest BCUT2D eigenvalue weighted by Crippen LogP contribution is -2.09. The van der Waals surface area contributed by atoms with E-state index in [1.54, 1.807) is 0 Å². The number of hydrogen-bond donors (Lipinski definition) is 1. The van der Waals surface area contributed by atoms with Gasteiger partial charge in [-0.2, -0.15) is 5.26 Å². The first-order valence-electron chi connectivity index (χ1n) is 3.90. The fraction of sp³-hybridized carbons (Fsp3) is 0.222. The van der Waals surface area contributed by atoms with Crippen LogP contribution >= 0.6 is 0 Å². The van der Waals surface area contributed by atoms with Gasteiger partial charge in [0.1, 0.15) is 0 Å². The predicted molar refractivity (Wildman–Crippen MR) is 45.6 cm³/mol. The Labute approximate surface area is 83.8 Å². The molecule has 0 saturated carbocycles. The summed E-state index contributed by atoms with van der Waals surface area (Å²) < 4.78 is 25.0. The van der Waals surface area contributed by atoms with Gasteiger partial charge in [-0.25, -0.2) is 18.6 Å².